The topological polar surface area (TPSA) is 110 Å². The number of carboxylic acid groups (broad SMARTS) is 1. The van der Waals surface area contributed by atoms with E-state index in [1.165, 1.54) is 17.0 Å². The van der Waals surface area contributed by atoms with Gasteiger partial charge in [0.2, 0.25) is 5.91 Å². The van der Waals surface area contributed by atoms with Gasteiger partial charge >= 0.3 is 5.97 Å². The number of pyridine rings is 1. The molecular formula is C13H13N5O3. The van der Waals surface area contributed by atoms with Crippen LogP contribution in [0.3, 0.4) is 0 Å². The van der Waals surface area contributed by atoms with Crippen molar-refractivity contribution >= 4 is 18.0 Å². The molecule has 0 saturated heterocycles. The molecule has 2 aromatic heterocycles. The molecule has 0 spiro atoms. The Kier molecular flexibility index (Phi) is 4.75. The SMILES string of the molecule is O=C(O)Cn1cc(CNC(=O)/C=C/c2cccnc2)nn1. The van der Waals surface area contributed by atoms with Gasteiger partial charge in [-0.15, -0.1) is 5.10 Å². The molecule has 1 amide bonds. The van der Waals surface area contributed by atoms with Crippen LogP contribution in [0.4, 0.5) is 0 Å². The van der Waals surface area contributed by atoms with E-state index in [-0.39, 0.29) is 19.0 Å². The van der Waals surface area contributed by atoms with Crippen LogP contribution >= 0.6 is 0 Å². The molecule has 0 aliphatic rings. The first-order chi connectivity index (χ1) is 10.1. The minimum Gasteiger partial charge on any atom is -0.480 e. The molecule has 21 heavy (non-hydrogen) atoms. The van der Waals surface area contributed by atoms with Crippen LogP contribution in [0.2, 0.25) is 0 Å². The quantitative estimate of drug-likeness (QED) is 0.728. The van der Waals surface area contributed by atoms with Crippen molar-refractivity contribution in [2.45, 2.75) is 13.1 Å². The van der Waals surface area contributed by atoms with Gasteiger partial charge in [0.15, 0.2) is 0 Å². The van der Waals surface area contributed by atoms with Crippen LogP contribution in [0.1, 0.15) is 11.3 Å². The van der Waals surface area contributed by atoms with Crippen LogP contribution in [0.15, 0.2) is 36.8 Å². The third-order valence-corrected chi connectivity index (χ3v) is 2.44. The van der Waals surface area contributed by atoms with Gasteiger partial charge < -0.3 is 10.4 Å². The minimum atomic E-state index is -1.00. The van der Waals surface area contributed by atoms with E-state index < -0.39 is 5.97 Å². The van der Waals surface area contributed by atoms with Crippen LogP contribution in [-0.4, -0.2) is 37.0 Å². The van der Waals surface area contributed by atoms with E-state index in [0.717, 1.165) is 5.56 Å². The Balaban J connectivity index is 1.82. The number of rotatable bonds is 6. The smallest absolute Gasteiger partial charge is 0.325 e. The number of hydrogen-bond acceptors (Lipinski definition) is 5. The van der Waals surface area contributed by atoms with E-state index in [4.69, 9.17) is 5.11 Å². The van der Waals surface area contributed by atoms with E-state index in [1.807, 2.05) is 6.07 Å². The fraction of sp³-hybridized carbons (Fsp3) is 0.154. The highest BCUT2D eigenvalue weighted by atomic mass is 16.4. The number of carbonyl (C=O) groups excluding carboxylic acids is 1. The first-order valence-electron chi connectivity index (χ1n) is 6.10. The molecule has 8 nitrogen and oxygen atoms in total. The highest BCUT2D eigenvalue weighted by molar-refractivity contribution is 5.91. The van der Waals surface area contributed by atoms with Gasteiger partial charge in [-0.25, -0.2) is 4.68 Å². The second-order valence-electron chi connectivity index (χ2n) is 4.14. The first-order valence-corrected chi connectivity index (χ1v) is 6.10. The Labute approximate surface area is 120 Å². The Morgan fingerprint density at radius 1 is 1.43 bits per heavy atom. The van der Waals surface area contributed by atoms with Crippen molar-refractivity contribution in [2.75, 3.05) is 0 Å². The largest absolute Gasteiger partial charge is 0.480 e. The van der Waals surface area contributed by atoms with Crippen LogP contribution < -0.4 is 5.32 Å². The van der Waals surface area contributed by atoms with Crippen LogP contribution in [-0.2, 0) is 22.7 Å². The lowest BCUT2D eigenvalue weighted by Crippen LogP contribution is -2.20. The number of amides is 1. The van der Waals surface area contributed by atoms with Crippen molar-refractivity contribution in [3.05, 3.63) is 48.1 Å². The van der Waals surface area contributed by atoms with E-state index in [1.54, 1.807) is 24.5 Å². The Morgan fingerprint density at radius 3 is 3.00 bits per heavy atom. The second kappa shape index (κ2) is 6.94. The summed E-state index contributed by atoms with van der Waals surface area (Å²) < 4.78 is 1.19. The van der Waals surface area contributed by atoms with Gasteiger partial charge in [-0.2, -0.15) is 0 Å². The Bertz CT molecular complexity index is 651. The van der Waals surface area contributed by atoms with Crippen molar-refractivity contribution in [3.8, 4) is 0 Å². The third kappa shape index (κ3) is 4.86. The van der Waals surface area contributed by atoms with Gasteiger partial charge in [-0.1, -0.05) is 11.3 Å². The summed E-state index contributed by atoms with van der Waals surface area (Å²) in [4.78, 5) is 26.0. The van der Waals surface area contributed by atoms with Gasteiger partial charge in [-0.3, -0.25) is 14.6 Å². The normalized spacial score (nSPS) is 10.7. The maximum Gasteiger partial charge on any atom is 0.325 e. The average Bonchev–Trinajstić information content (AvgIpc) is 2.91. The van der Waals surface area contributed by atoms with Gasteiger partial charge in [0.25, 0.3) is 0 Å². The van der Waals surface area contributed by atoms with Crippen molar-refractivity contribution in [3.63, 3.8) is 0 Å². The molecule has 8 heteroatoms. The summed E-state index contributed by atoms with van der Waals surface area (Å²) in [5, 5.41) is 18.6. The van der Waals surface area contributed by atoms with Crippen molar-refractivity contribution in [2.24, 2.45) is 0 Å². The van der Waals surface area contributed by atoms with E-state index in [9.17, 15) is 9.59 Å². The highest BCUT2D eigenvalue weighted by Gasteiger charge is 2.04. The number of aliphatic carboxylic acids is 1. The van der Waals surface area contributed by atoms with Gasteiger partial charge in [-0.05, 0) is 17.7 Å². The molecule has 0 fully saturated rings. The molecule has 0 bridgehead atoms. The molecule has 0 aliphatic heterocycles. The summed E-state index contributed by atoms with van der Waals surface area (Å²) in [6.45, 7) is -0.0856. The molecule has 0 saturated carbocycles. The Morgan fingerprint density at radius 2 is 2.29 bits per heavy atom. The lowest BCUT2D eigenvalue weighted by atomic mass is 10.2. The summed E-state index contributed by atoms with van der Waals surface area (Å²) in [5.41, 5.74) is 1.31. The summed E-state index contributed by atoms with van der Waals surface area (Å²) >= 11 is 0. The summed E-state index contributed by atoms with van der Waals surface area (Å²) in [5.74, 6) is -1.29. The molecule has 2 heterocycles. The summed E-state index contributed by atoms with van der Waals surface area (Å²) in [7, 11) is 0. The summed E-state index contributed by atoms with van der Waals surface area (Å²) in [6.07, 6.45) is 7.79. The van der Waals surface area contributed by atoms with Crippen molar-refractivity contribution in [1.29, 1.82) is 0 Å². The Hall–Kier alpha value is -3.03. The van der Waals surface area contributed by atoms with Crippen molar-refractivity contribution < 1.29 is 14.7 Å². The van der Waals surface area contributed by atoms with E-state index in [2.05, 4.69) is 20.6 Å². The standard InChI is InChI=1S/C13H13N5O3/c19-12(4-3-10-2-1-5-14-6-10)15-7-11-8-18(17-16-11)9-13(20)21/h1-6,8H,7,9H2,(H,15,19)(H,20,21)/b4-3+. The van der Waals surface area contributed by atoms with Crippen LogP contribution in [0.25, 0.3) is 6.08 Å². The first kappa shape index (κ1) is 14.4. The second-order valence-corrected chi connectivity index (χ2v) is 4.14. The predicted molar refractivity (Wildman–Crippen MR) is 72.8 cm³/mol. The van der Waals surface area contributed by atoms with Crippen LogP contribution in [0, 0.1) is 0 Å². The average molecular weight is 287 g/mol. The van der Waals surface area contributed by atoms with Crippen LogP contribution in [0.5, 0.6) is 0 Å². The lowest BCUT2D eigenvalue weighted by molar-refractivity contribution is -0.137. The van der Waals surface area contributed by atoms with Gasteiger partial charge in [0.05, 0.1) is 12.7 Å². The maximum atomic E-state index is 11.6. The molecule has 0 radical (unpaired) electrons. The lowest BCUT2D eigenvalue weighted by Gasteiger charge is -1.97. The van der Waals surface area contributed by atoms with E-state index in [0.29, 0.717) is 5.69 Å². The zero-order valence-electron chi connectivity index (χ0n) is 11.0. The van der Waals surface area contributed by atoms with Crippen molar-refractivity contribution in [1.82, 2.24) is 25.3 Å². The molecule has 0 aromatic carbocycles. The minimum absolute atomic E-state index is 0.176. The van der Waals surface area contributed by atoms with Gasteiger partial charge in [0.1, 0.15) is 12.2 Å². The molecule has 2 N–H and O–H groups in total. The molecule has 2 rings (SSSR count). The molecule has 0 aliphatic carbocycles. The number of nitrogens with one attached hydrogen (secondary N) is 1. The number of aromatic nitrogens is 4. The maximum absolute atomic E-state index is 11.6. The fourth-order valence-electron chi connectivity index (χ4n) is 1.52. The predicted octanol–water partition coefficient (Wildman–Crippen LogP) is 0.0873. The monoisotopic (exact) mass is 287 g/mol. The molecule has 0 atom stereocenters. The zero-order chi connectivity index (χ0) is 15.1. The molecule has 2 aromatic rings. The number of carboxylic acids is 1. The zero-order valence-corrected chi connectivity index (χ0v) is 11.0. The molecule has 108 valence electrons. The summed E-state index contributed by atoms with van der Waals surface area (Å²) in [6, 6.07) is 3.60. The number of hydrogen-bond donors (Lipinski definition) is 2. The number of carbonyl (C=O) groups is 2. The highest BCUT2D eigenvalue weighted by Crippen LogP contribution is 1.98. The van der Waals surface area contributed by atoms with E-state index >= 15 is 0 Å². The number of nitrogens with zero attached hydrogens (tertiary/aromatic N) is 4. The molecular weight excluding hydrogens is 274 g/mol. The van der Waals surface area contributed by atoms with Gasteiger partial charge in [0, 0.05) is 18.5 Å². The molecule has 0 unspecified atom stereocenters. The third-order valence-electron chi connectivity index (χ3n) is 2.44. The fourth-order valence-corrected chi connectivity index (χ4v) is 1.52.